The fourth-order valence-corrected chi connectivity index (χ4v) is 3.93. The molecule has 0 spiro atoms. The molecule has 0 saturated carbocycles. The third-order valence-corrected chi connectivity index (χ3v) is 5.63. The molecular weight excluding hydrogens is 326 g/mol. The monoisotopic (exact) mass is 359 g/mol. The van der Waals surface area contributed by atoms with E-state index in [2.05, 4.69) is 21.7 Å². The van der Waals surface area contributed by atoms with Gasteiger partial charge in [0.15, 0.2) is 0 Å². The van der Waals surface area contributed by atoms with Crippen LogP contribution in [0, 0.1) is 6.92 Å². The van der Waals surface area contributed by atoms with Crippen molar-refractivity contribution in [3.63, 3.8) is 0 Å². The molecule has 1 aromatic carbocycles. The Morgan fingerprint density at radius 1 is 1.19 bits per heavy atom. The number of carbonyl (C=O) groups excluding carboxylic acids is 1. The van der Waals surface area contributed by atoms with Gasteiger partial charge in [-0.15, -0.1) is 0 Å². The van der Waals surface area contributed by atoms with Crippen LogP contribution in [-0.4, -0.2) is 86.2 Å². The molecule has 0 unspecified atom stereocenters. The zero-order valence-corrected chi connectivity index (χ0v) is 16.3. The van der Waals surface area contributed by atoms with Crippen molar-refractivity contribution in [1.82, 2.24) is 14.7 Å². The summed E-state index contributed by atoms with van der Waals surface area (Å²) >= 11 is 0. The van der Waals surface area contributed by atoms with Gasteiger partial charge in [-0.3, -0.25) is 4.79 Å². The average Bonchev–Trinajstić information content (AvgIpc) is 2.67. The van der Waals surface area contributed by atoms with Gasteiger partial charge in [-0.25, -0.2) is 0 Å². The van der Waals surface area contributed by atoms with Gasteiger partial charge in [0.1, 0.15) is 0 Å². The Hall–Kier alpha value is -1.43. The summed E-state index contributed by atoms with van der Waals surface area (Å²) in [6.07, 6.45) is 2.94. The van der Waals surface area contributed by atoms with Crippen LogP contribution in [-0.2, 0) is 4.74 Å². The molecule has 0 bridgehead atoms. The summed E-state index contributed by atoms with van der Waals surface area (Å²) < 4.78 is 5.51. The maximum absolute atomic E-state index is 13.2. The highest BCUT2D eigenvalue weighted by Gasteiger charge is 2.26. The first kappa shape index (κ1) is 19.3. The van der Waals surface area contributed by atoms with Crippen LogP contribution in [0.5, 0.6) is 0 Å². The highest BCUT2D eigenvalue weighted by Crippen LogP contribution is 2.19. The lowest BCUT2D eigenvalue weighted by molar-refractivity contribution is 0.0276. The number of likely N-dealkylation sites (N-methyl/N-ethyl adjacent to an activating group) is 1. The summed E-state index contributed by atoms with van der Waals surface area (Å²) in [5, 5.41) is 0. The fourth-order valence-electron chi connectivity index (χ4n) is 3.93. The average molecular weight is 360 g/mol. The van der Waals surface area contributed by atoms with Crippen LogP contribution in [0.1, 0.15) is 35.2 Å². The van der Waals surface area contributed by atoms with E-state index in [1.54, 1.807) is 0 Å². The number of hydrogen-bond donors (Lipinski definition) is 0. The van der Waals surface area contributed by atoms with Gasteiger partial charge in [0.25, 0.3) is 5.91 Å². The van der Waals surface area contributed by atoms with Gasteiger partial charge in [0.05, 0.1) is 0 Å². The van der Waals surface area contributed by atoms with Crippen LogP contribution in [0.4, 0.5) is 0 Å². The Kier molecular flexibility index (Phi) is 7.06. The number of carbonyl (C=O) groups is 1. The number of hydrogen-bond acceptors (Lipinski definition) is 4. The molecule has 5 nitrogen and oxygen atoms in total. The standard InChI is InChI=1S/C21H33N3O2/c1-18-5-3-6-19(17-18)21(25)24(20-7-15-26-16-8-20)10-4-9-23-13-11-22(2)12-14-23/h3,5-6,17,20H,4,7-16H2,1-2H3. The van der Waals surface area contributed by atoms with Gasteiger partial charge in [-0.2, -0.15) is 0 Å². The molecule has 2 fully saturated rings. The van der Waals surface area contributed by atoms with Crippen molar-refractivity contribution in [1.29, 1.82) is 0 Å². The predicted octanol–water partition coefficient (Wildman–Crippen LogP) is 2.25. The van der Waals surface area contributed by atoms with Gasteiger partial charge in [0, 0.05) is 57.5 Å². The summed E-state index contributed by atoms with van der Waals surface area (Å²) in [4.78, 5) is 20.2. The number of amides is 1. The van der Waals surface area contributed by atoms with Crippen LogP contribution in [0.2, 0.25) is 0 Å². The lowest BCUT2D eigenvalue weighted by Crippen LogP contribution is -2.47. The molecule has 2 aliphatic heterocycles. The minimum absolute atomic E-state index is 0.180. The molecule has 5 heteroatoms. The molecular formula is C21H33N3O2. The van der Waals surface area contributed by atoms with Crippen LogP contribution in [0.3, 0.4) is 0 Å². The Morgan fingerprint density at radius 2 is 1.92 bits per heavy atom. The smallest absolute Gasteiger partial charge is 0.254 e. The van der Waals surface area contributed by atoms with Crippen molar-refractivity contribution in [2.75, 3.05) is 59.5 Å². The predicted molar refractivity (Wildman–Crippen MR) is 105 cm³/mol. The first-order valence-electron chi connectivity index (χ1n) is 10.00. The van der Waals surface area contributed by atoms with E-state index in [9.17, 15) is 4.79 Å². The zero-order chi connectivity index (χ0) is 18.4. The Labute approximate surface area is 157 Å². The minimum Gasteiger partial charge on any atom is -0.381 e. The molecule has 0 aromatic heterocycles. The Bertz CT molecular complexity index is 578. The number of aryl methyl sites for hydroxylation is 1. The summed E-state index contributed by atoms with van der Waals surface area (Å²) in [6.45, 7) is 10.1. The second kappa shape index (κ2) is 9.49. The molecule has 1 aromatic rings. The molecule has 2 heterocycles. The molecule has 0 radical (unpaired) electrons. The first-order chi connectivity index (χ1) is 12.6. The largest absolute Gasteiger partial charge is 0.381 e. The number of benzene rings is 1. The molecule has 26 heavy (non-hydrogen) atoms. The van der Waals surface area contributed by atoms with Crippen LogP contribution in [0.15, 0.2) is 24.3 Å². The quantitative estimate of drug-likeness (QED) is 0.781. The van der Waals surface area contributed by atoms with E-state index < -0.39 is 0 Å². The normalized spacial score (nSPS) is 20.2. The highest BCUT2D eigenvalue weighted by molar-refractivity contribution is 5.94. The molecule has 1 amide bonds. The van der Waals surface area contributed by atoms with Crippen molar-refractivity contribution in [3.8, 4) is 0 Å². The van der Waals surface area contributed by atoms with Crippen LogP contribution in [0.25, 0.3) is 0 Å². The summed E-state index contributed by atoms with van der Waals surface area (Å²) in [5.74, 6) is 0.180. The fraction of sp³-hybridized carbons (Fsp3) is 0.667. The van der Waals surface area contributed by atoms with Gasteiger partial charge < -0.3 is 19.4 Å². The van der Waals surface area contributed by atoms with Crippen molar-refractivity contribution in [2.24, 2.45) is 0 Å². The van der Waals surface area contributed by atoms with Gasteiger partial charge in [-0.05, 0) is 51.9 Å². The summed E-state index contributed by atoms with van der Waals surface area (Å²) in [5.41, 5.74) is 1.95. The molecule has 144 valence electrons. The topological polar surface area (TPSA) is 36.0 Å². The molecule has 2 saturated heterocycles. The number of piperazine rings is 1. The van der Waals surface area contributed by atoms with E-state index >= 15 is 0 Å². The third-order valence-electron chi connectivity index (χ3n) is 5.63. The maximum atomic E-state index is 13.2. The molecule has 0 aliphatic carbocycles. The minimum atomic E-state index is 0.180. The molecule has 2 aliphatic rings. The van der Waals surface area contributed by atoms with E-state index in [-0.39, 0.29) is 5.91 Å². The Morgan fingerprint density at radius 3 is 2.62 bits per heavy atom. The summed E-state index contributed by atoms with van der Waals surface area (Å²) in [7, 11) is 2.19. The second-order valence-corrected chi connectivity index (χ2v) is 7.71. The lowest BCUT2D eigenvalue weighted by atomic mass is 10.0. The van der Waals surface area contributed by atoms with Crippen molar-refractivity contribution >= 4 is 5.91 Å². The number of nitrogens with zero attached hydrogens (tertiary/aromatic N) is 3. The SMILES string of the molecule is Cc1cccc(C(=O)N(CCCN2CCN(C)CC2)C2CCOCC2)c1. The van der Waals surface area contributed by atoms with Gasteiger partial charge in [0.2, 0.25) is 0 Å². The number of rotatable bonds is 6. The first-order valence-corrected chi connectivity index (χ1v) is 10.00. The zero-order valence-electron chi connectivity index (χ0n) is 16.3. The van der Waals surface area contributed by atoms with Crippen LogP contribution < -0.4 is 0 Å². The van der Waals surface area contributed by atoms with Crippen LogP contribution >= 0.6 is 0 Å². The van der Waals surface area contributed by atoms with Crippen molar-refractivity contribution < 1.29 is 9.53 Å². The van der Waals surface area contributed by atoms with Crippen molar-refractivity contribution in [3.05, 3.63) is 35.4 Å². The second-order valence-electron chi connectivity index (χ2n) is 7.71. The lowest BCUT2D eigenvalue weighted by Gasteiger charge is -2.36. The molecule has 0 atom stereocenters. The van der Waals surface area contributed by atoms with Gasteiger partial charge >= 0.3 is 0 Å². The highest BCUT2D eigenvalue weighted by atomic mass is 16.5. The molecule has 3 rings (SSSR count). The summed E-state index contributed by atoms with van der Waals surface area (Å²) in [6, 6.07) is 8.29. The molecule has 0 N–H and O–H groups in total. The third kappa shape index (κ3) is 5.29. The van der Waals surface area contributed by atoms with E-state index in [4.69, 9.17) is 4.74 Å². The van der Waals surface area contributed by atoms with E-state index in [0.717, 1.165) is 82.9 Å². The maximum Gasteiger partial charge on any atom is 0.254 e. The van der Waals surface area contributed by atoms with Crippen molar-refractivity contribution in [2.45, 2.75) is 32.2 Å². The van der Waals surface area contributed by atoms with E-state index in [1.807, 2.05) is 31.2 Å². The van der Waals surface area contributed by atoms with E-state index in [1.165, 1.54) is 0 Å². The Balaban J connectivity index is 1.60. The van der Waals surface area contributed by atoms with E-state index in [0.29, 0.717) is 6.04 Å². The number of ether oxygens (including phenoxy) is 1. The van der Waals surface area contributed by atoms with Gasteiger partial charge in [-0.1, -0.05) is 17.7 Å².